The van der Waals surface area contributed by atoms with Gasteiger partial charge < -0.3 is 10.2 Å². The molecule has 160 valence electrons. The van der Waals surface area contributed by atoms with Crippen LogP contribution in [-0.4, -0.2) is 18.4 Å². The summed E-state index contributed by atoms with van der Waals surface area (Å²) < 4.78 is 40.9. The largest absolute Gasteiger partial charge is 0.356 e. The molecule has 0 unspecified atom stereocenters. The first-order valence-corrected chi connectivity index (χ1v) is 9.74. The van der Waals surface area contributed by atoms with Gasteiger partial charge in [0.25, 0.3) is 5.91 Å². The number of likely N-dealkylation sites (N-methyl/N-ethyl adjacent to an activating group) is 1. The molecule has 0 spiro atoms. The first-order valence-electron chi connectivity index (χ1n) is 9.74. The lowest BCUT2D eigenvalue weighted by Crippen LogP contribution is -2.31. The number of nitrogens with one attached hydrogen (secondary N) is 1. The monoisotopic (exact) mass is 426 g/mol. The minimum Gasteiger partial charge on any atom is -0.356 e. The average Bonchev–Trinajstić information content (AvgIpc) is 2.73. The van der Waals surface area contributed by atoms with Gasteiger partial charge >= 0.3 is 0 Å². The Bertz CT molecular complexity index is 1080. The van der Waals surface area contributed by atoms with Gasteiger partial charge in [-0.2, -0.15) is 0 Å². The van der Waals surface area contributed by atoms with Crippen LogP contribution in [-0.2, 0) is 17.8 Å². The smallest absolute Gasteiger partial charge is 0.261 e. The Morgan fingerprint density at radius 3 is 2.26 bits per heavy atom. The summed E-state index contributed by atoms with van der Waals surface area (Å²) in [5.41, 5.74) is 1.42. The van der Waals surface area contributed by atoms with Crippen LogP contribution < -0.4 is 10.2 Å². The lowest BCUT2D eigenvalue weighted by atomic mass is 10.1. The highest BCUT2D eigenvalue weighted by molar-refractivity contribution is 6.06. The Hall–Kier alpha value is -3.61. The molecule has 3 aromatic carbocycles. The van der Waals surface area contributed by atoms with Crippen molar-refractivity contribution in [2.75, 3.05) is 11.4 Å². The van der Waals surface area contributed by atoms with Crippen LogP contribution in [0.2, 0.25) is 0 Å². The molecule has 2 amide bonds. The maximum Gasteiger partial charge on any atom is 0.261 e. The lowest BCUT2D eigenvalue weighted by Gasteiger charge is -2.24. The van der Waals surface area contributed by atoms with Crippen molar-refractivity contribution in [2.24, 2.45) is 0 Å². The van der Waals surface area contributed by atoms with Crippen LogP contribution in [0.15, 0.2) is 66.7 Å². The highest BCUT2D eigenvalue weighted by Gasteiger charge is 2.22. The van der Waals surface area contributed by atoms with Crippen LogP contribution in [0.1, 0.15) is 28.4 Å². The molecule has 0 atom stereocenters. The number of carbonyl (C=O) groups excluding carboxylic acids is 2. The molecule has 0 saturated heterocycles. The zero-order chi connectivity index (χ0) is 22.4. The summed E-state index contributed by atoms with van der Waals surface area (Å²) >= 11 is 0. The fraction of sp³-hybridized carbons (Fsp3) is 0.167. The normalized spacial score (nSPS) is 10.6. The molecule has 0 fully saturated rings. The summed E-state index contributed by atoms with van der Waals surface area (Å²) in [5.74, 6) is -3.04. The Morgan fingerprint density at radius 2 is 1.58 bits per heavy atom. The van der Waals surface area contributed by atoms with Crippen LogP contribution in [0.25, 0.3) is 0 Å². The fourth-order valence-electron chi connectivity index (χ4n) is 3.14. The van der Waals surface area contributed by atoms with E-state index in [1.54, 1.807) is 24.3 Å². The molecule has 7 heteroatoms. The summed E-state index contributed by atoms with van der Waals surface area (Å²) in [6.45, 7) is 2.34. The second-order valence-electron chi connectivity index (χ2n) is 6.94. The summed E-state index contributed by atoms with van der Waals surface area (Å²) in [5, 5.41) is 2.71. The maximum atomic E-state index is 14.3. The number of hydrogen-bond acceptors (Lipinski definition) is 2. The van der Waals surface area contributed by atoms with Crippen LogP contribution in [0.4, 0.5) is 18.9 Å². The van der Waals surface area contributed by atoms with Crippen molar-refractivity contribution in [2.45, 2.75) is 19.9 Å². The molecule has 0 aromatic heterocycles. The number of amides is 2. The highest BCUT2D eigenvalue weighted by atomic mass is 19.1. The number of halogens is 3. The van der Waals surface area contributed by atoms with Crippen molar-refractivity contribution in [1.29, 1.82) is 0 Å². The highest BCUT2D eigenvalue weighted by Crippen LogP contribution is 2.23. The van der Waals surface area contributed by atoms with Gasteiger partial charge in [-0.3, -0.25) is 9.59 Å². The number of anilines is 1. The molecule has 4 nitrogen and oxygen atoms in total. The van der Waals surface area contributed by atoms with E-state index in [1.165, 1.54) is 29.2 Å². The van der Waals surface area contributed by atoms with Gasteiger partial charge in [0, 0.05) is 18.3 Å². The predicted molar refractivity (Wildman–Crippen MR) is 112 cm³/mol. The molecular formula is C24H21F3N2O2. The van der Waals surface area contributed by atoms with E-state index in [2.05, 4.69) is 5.32 Å². The quantitative estimate of drug-likeness (QED) is 0.599. The van der Waals surface area contributed by atoms with E-state index >= 15 is 0 Å². The van der Waals surface area contributed by atoms with Gasteiger partial charge in [-0.25, -0.2) is 13.2 Å². The number of benzene rings is 3. The maximum absolute atomic E-state index is 14.3. The van der Waals surface area contributed by atoms with Gasteiger partial charge in [0.2, 0.25) is 5.91 Å². The Balaban J connectivity index is 1.98. The number of nitrogens with zero attached hydrogens (tertiary/aromatic N) is 1. The summed E-state index contributed by atoms with van der Waals surface area (Å²) in [6.07, 6.45) is 0.116. The van der Waals surface area contributed by atoms with Crippen molar-refractivity contribution >= 4 is 17.5 Å². The molecule has 0 heterocycles. The molecule has 0 radical (unpaired) electrons. The molecule has 0 bridgehead atoms. The number of carbonyl (C=O) groups is 2. The molecule has 0 saturated carbocycles. The molecule has 3 rings (SSSR count). The minimum atomic E-state index is -0.979. The molecule has 3 aromatic rings. The SMILES string of the molecule is CCNC(=O)Cc1cccc(N(Cc2ccc(F)cc2)C(=O)c2ccc(F)cc2F)c1. The Labute approximate surface area is 178 Å². The third-order valence-corrected chi connectivity index (χ3v) is 4.62. The molecule has 0 aliphatic rings. The van der Waals surface area contributed by atoms with Crippen molar-refractivity contribution in [3.8, 4) is 0 Å². The Morgan fingerprint density at radius 1 is 0.871 bits per heavy atom. The zero-order valence-electron chi connectivity index (χ0n) is 16.9. The van der Waals surface area contributed by atoms with E-state index in [-0.39, 0.29) is 24.4 Å². The van der Waals surface area contributed by atoms with Crippen molar-refractivity contribution in [3.63, 3.8) is 0 Å². The van der Waals surface area contributed by atoms with Crippen LogP contribution in [0.3, 0.4) is 0 Å². The first-order chi connectivity index (χ1) is 14.9. The van der Waals surface area contributed by atoms with Gasteiger partial charge in [-0.05, 0) is 54.4 Å². The number of hydrogen-bond donors (Lipinski definition) is 1. The molecule has 31 heavy (non-hydrogen) atoms. The first kappa shape index (κ1) is 22.1. The van der Waals surface area contributed by atoms with Crippen molar-refractivity contribution in [1.82, 2.24) is 5.32 Å². The zero-order valence-corrected chi connectivity index (χ0v) is 16.9. The molecule has 0 aliphatic carbocycles. The van der Waals surface area contributed by atoms with Gasteiger partial charge in [0.15, 0.2) is 0 Å². The van der Waals surface area contributed by atoms with Crippen LogP contribution in [0, 0.1) is 17.5 Å². The standard InChI is InChI=1S/C24H21F3N2O2/c1-2-28-23(30)13-17-4-3-5-20(12-17)29(15-16-6-8-18(25)9-7-16)24(31)21-11-10-19(26)14-22(21)27/h3-12,14H,2,13,15H2,1H3,(H,28,30). The van der Waals surface area contributed by atoms with E-state index in [1.807, 2.05) is 6.92 Å². The summed E-state index contributed by atoms with van der Waals surface area (Å²) in [4.78, 5) is 26.4. The van der Waals surface area contributed by atoms with Gasteiger partial charge in [-0.1, -0.05) is 24.3 Å². The van der Waals surface area contributed by atoms with Gasteiger partial charge in [0.05, 0.1) is 18.5 Å². The minimum absolute atomic E-state index is 0.0283. The van der Waals surface area contributed by atoms with Crippen molar-refractivity contribution in [3.05, 3.63) is 101 Å². The second-order valence-corrected chi connectivity index (χ2v) is 6.94. The van der Waals surface area contributed by atoms with Crippen LogP contribution >= 0.6 is 0 Å². The lowest BCUT2D eigenvalue weighted by molar-refractivity contribution is -0.120. The average molecular weight is 426 g/mol. The van der Waals surface area contributed by atoms with E-state index < -0.39 is 23.4 Å². The summed E-state index contributed by atoms with van der Waals surface area (Å²) in [7, 11) is 0. The molecular weight excluding hydrogens is 405 g/mol. The molecule has 0 aliphatic heterocycles. The van der Waals surface area contributed by atoms with E-state index in [9.17, 15) is 22.8 Å². The summed E-state index contributed by atoms with van der Waals surface area (Å²) in [6, 6.07) is 15.1. The fourth-order valence-corrected chi connectivity index (χ4v) is 3.14. The molecule has 1 N–H and O–H groups in total. The predicted octanol–water partition coefficient (Wildman–Crippen LogP) is 4.63. The van der Waals surface area contributed by atoms with Gasteiger partial charge in [-0.15, -0.1) is 0 Å². The number of rotatable bonds is 7. The van der Waals surface area contributed by atoms with Gasteiger partial charge in [0.1, 0.15) is 17.5 Å². The van der Waals surface area contributed by atoms with Crippen molar-refractivity contribution < 1.29 is 22.8 Å². The topological polar surface area (TPSA) is 49.4 Å². The van der Waals surface area contributed by atoms with E-state index in [0.717, 1.165) is 12.1 Å². The third kappa shape index (κ3) is 5.72. The van der Waals surface area contributed by atoms with E-state index in [0.29, 0.717) is 29.4 Å². The van der Waals surface area contributed by atoms with Crippen LogP contribution in [0.5, 0.6) is 0 Å². The third-order valence-electron chi connectivity index (χ3n) is 4.62. The van der Waals surface area contributed by atoms with E-state index in [4.69, 9.17) is 0 Å². The second kappa shape index (κ2) is 9.93. The Kier molecular flexibility index (Phi) is 7.07.